The third-order valence-electron chi connectivity index (χ3n) is 0.501. The fourth-order valence-electron chi connectivity index (χ4n) is 0.272. The lowest BCUT2D eigenvalue weighted by molar-refractivity contribution is 0.491. The standard InChI is InChI=1S/C3H3IN2O/c1-2-5-6-3(4)7-2/h1H3. The maximum absolute atomic E-state index is 4.85. The number of aromatic nitrogens is 2. The Morgan fingerprint density at radius 1 is 1.57 bits per heavy atom. The molecule has 0 unspecified atom stereocenters. The molecule has 0 spiro atoms. The molecule has 38 valence electrons. The summed E-state index contributed by atoms with van der Waals surface area (Å²) in [4.78, 5) is 0. The summed E-state index contributed by atoms with van der Waals surface area (Å²) < 4.78 is 5.44. The third kappa shape index (κ3) is 1.12. The van der Waals surface area contributed by atoms with E-state index in [1.54, 1.807) is 6.92 Å². The van der Waals surface area contributed by atoms with Gasteiger partial charge in [-0.05, 0) is 0 Å². The van der Waals surface area contributed by atoms with Gasteiger partial charge in [0.15, 0.2) is 0 Å². The average molecular weight is 210 g/mol. The molecule has 0 fully saturated rings. The molecule has 0 aliphatic heterocycles. The normalized spacial score (nSPS) is 9.43. The molecule has 0 atom stereocenters. The van der Waals surface area contributed by atoms with Gasteiger partial charge in [-0.15, -0.1) is 10.2 Å². The molecule has 0 saturated heterocycles. The Hall–Kier alpha value is -0.130. The molecular formula is C3H3IN2O. The Morgan fingerprint density at radius 2 is 2.29 bits per heavy atom. The third-order valence-corrected chi connectivity index (χ3v) is 0.937. The van der Waals surface area contributed by atoms with E-state index in [2.05, 4.69) is 10.2 Å². The zero-order valence-corrected chi connectivity index (χ0v) is 5.84. The highest BCUT2D eigenvalue weighted by atomic mass is 127. The van der Waals surface area contributed by atoms with E-state index in [0.29, 0.717) is 9.79 Å². The van der Waals surface area contributed by atoms with Crippen LogP contribution in [0, 0.1) is 10.8 Å². The van der Waals surface area contributed by atoms with Gasteiger partial charge < -0.3 is 4.42 Å². The first kappa shape index (κ1) is 5.02. The summed E-state index contributed by atoms with van der Waals surface area (Å²) >= 11 is 1.96. The summed E-state index contributed by atoms with van der Waals surface area (Å²) in [6, 6.07) is 0. The highest BCUT2D eigenvalue weighted by molar-refractivity contribution is 14.1. The Kier molecular flexibility index (Phi) is 1.27. The molecule has 0 amide bonds. The lowest BCUT2D eigenvalue weighted by Gasteiger charge is -1.68. The minimum atomic E-state index is 0.593. The molecule has 4 heteroatoms. The first-order valence-electron chi connectivity index (χ1n) is 1.74. The average Bonchev–Trinajstić information content (AvgIpc) is 1.87. The number of hydrogen-bond donors (Lipinski definition) is 0. The molecule has 1 aromatic rings. The highest BCUT2D eigenvalue weighted by Gasteiger charge is 1.91. The van der Waals surface area contributed by atoms with Gasteiger partial charge in [-0.1, -0.05) is 0 Å². The molecule has 0 N–H and O–H groups in total. The maximum Gasteiger partial charge on any atom is 0.277 e. The predicted octanol–water partition coefficient (Wildman–Crippen LogP) is 0.983. The van der Waals surface area contributed by atoms with Crippen molar-refractivity contribution in [2.75, 3.05) is 0 Å². The van der Waals surface area contributed by atoms with Crippen molar-refractivity contribution in [2.45, 2.75) is 6.92 Å². The summed E-state index contributed by atoms with van der Waals surface area (Å²) in [6.45, 7) is 1.76. The van der Waals surface area contributed by atoms with Crippen molar-refractivity contribution in [1.82, 2.24) is 10.2 Å². The van der Waals surface area contributed by atoms with Crippen LogP contribution in [0.25, 0.3) is 0 Å². The van der Waals surface area contributed by atoms with E-state index in [4.69, 9.17) is 4.42 Å². The molecule has 0 aromatic carbocycles. The number of halogens is 1. The largest absolute Gasteiger partial charge is 0.417 e. The topological polar surface area (TPSA) is 38.9 Å². The summed E-state index contributed by atoms with van der Waals surface area (Å²) in [5, 5.41) is 7.18. The molecule has 0 saturated carbocycles. The predicted molar refractivity (Wildman–Crippen MR) is 31.8 cm³/mol. The Morgan fingerprint density at radius 3 is 2.43 bits per heavy atom. The maximum atomic E-state index is 4.85. The van der Waals surface area contributed by atoms with Gasteiger partial charge in [-0.3, -0.25) is 0 Å². The van der Waals surface area contributed by atoms with Gasteiger partial charge in [0.2, 0.25) is 5.89 Å². The monoisotopic (exact) mass is 210 g/mol. The molecule has 1 aromatic heterocycles. The van der Waals surface area contributed by atoms with Crippen molar-refractivity contribution in [3.63, 3.8) is 0 Å². The Balaban J connectivity index is 3.04. The van der Waals surface area contributed by atoms with Crippen LogP contribution in [0.3, 0.4) is 0 Å². The fraction of sp³-hybridized carbons (Fsp3) is 0.333. The van der Waals surface area contributed by atoms with Gasteiger partial charge in [0.1, 0.15) is 0 Å². The van der Waals surface area contributed by atoms with E-state index < -0.39 is 0 Å². The van der Waals surface area contributed by atoms with Gasteiger partial charge >= 0.3 is 0 Å². The van der Waals surface area contributed by atoms with Gasteiger partial charge in [-0.2, -0.15) is 0 Å². The summed E-state index contributed by atoms with van der Waals surface area (Å²) in [5.41, 5.74) is 0. The number of aryl methyl sites for hydroxylation is 1. The van der Waals surface area contributed by atoms with Crippen LogP contribution in [0.2, 0.25) is 0 Å². The molecule has 7 heavy (non-hydrogen) atoms. The van der Waals surface area contributed by atoms with Crippen LogP contribution in [-0.4, -0.2) is 10.2 Å². The van der Waals surface area contributed by atoms with Crippen LogP contribution < -0.4 is 0 Å². The quantitative estimate of drug-likeness (QED) is 0.599. The fourth-order valence-corrected chi connectivity index (χ4v) is 0.699. The molecule has 1 rings (SSSR count). The van der Waals surface area contributed by atoms with Crippen molar-refractivity contribution < 1.29 is 4.42 Å². The number of nitrogens with zero attached hydrogens (tertiary/aromatic N) is 2. The first-order chi connectivity index (χ1) is 3.29. The molecule has 0 aliphatic carbocycles. The van der Waals surface area contributed by atoms with Crippen molar-refractivity contribution in [1.29, 1.82) is 0 Å². The van der Waals surface area contributed by atoms with Crippen LogP contribution in [0.15, 0.2) is 4.42 Å². The van der Waals surface area contributed by atoms with E-state index in [-0.39, 0.29) is 0 Å². The highest BCUT2D eigenvalue weighted by Crippen LogP contribution is 1.98. The number of rotatable bonds is 0. The molecule has 1 heterocycles. The molecule has 0 aliphatic rings. The first-order valence-corrected chi connectivity index (χ1v) is 2.82. The van der Waals surface area contributed by atoms with E-state index in [9.17, 15) is 0 Å². The summed E-state index contributed by atoms with van der Waals surface area (Å²) in [7, 11) is 0. The van der Waals surface area contributed by atoms with Crippen LogP contribution in [-0.2, 0) is 0 Å². The van der Waals surface area contributed by atoms with Crippen LogP contribution in [0.1, 0.15) is 5.89 Å². The van der Waals surface area contributed by atoms with E-state index in [1.807, 2.05) is 22.6 Å². The van der Waals surface area contributed by atoms with Crippen molar-refractivity contribution in [3.05, 3.63) is 9.79 Å². The van der Waals surface area contributed by atoms with Crippen molar-refractivity contribution in [3.8, 4) is 0 Å². The summed E-state index contributed by atoms with van der Waals surface area (Å²) in [5.74, 6) is 0.615. The van der Waals surface area contributed by atoms with Crippen LogP contribution >= 0.6 is 22.6 Å². The van der Waals surface area contributed by atoms with Gasteiger partial charge in [0, 0.05) is 29.5 Å². The second-order valence-corrected chi connectivity index (χ2v) is 2.00. The molecule has 0 bridgehead atoms. The minimum absolute atomic E-state index is 0.593. The number of hydrogen-bond acceptors (Lipinski definition) is 3. The zero-order chi connectivity index (χ0) is 5.28. The smallest absolute Gasteiger partial charge is 0.277 e. The van der Waals surface area contributed by atoms with Crippen LogP contribution in [0.4, 0.5) is 0 Å². The second-order valence-electron chi connectivity index (χ2n) is 1.07. The van der Waals surface area contributed by atoms with Crippen molar-refractivity contribution >= 4 is 22.6 Å². The molecule has 0 radical (unpaired) electrons. The van der Waals surface area contributed by atoms with Gasteiger partial charge in [0.05, 0.1) is 0 Å². The molecule has 3 nitrogen and oxygen atoms in total. The zero-order valence-electron chi connectivity index (χ0n) is 3.68. The second kappa shape index (κ2) is 1.77. The van der Waals surface area contributed by atoms with Gasteiger partial charge in [-0.25, -0.2) is 0 Å². The SMILES string of the molecule is Cc1nnc(I)o1. The van der Waals surface area contributed by atoms with Crippen LogP contribution in [0.5, 0.6) is 0 Å². The van der Waals surface area contributed by atoms with E-state index in [0.717, 1.165) is 0 Å². The van der Waals surface area contributed by atoms with Gasteiger partial charge in [0.25, 0.3) is 3.90 Å². The lowest BCUT2D eigenvalue weighted by Crippen LogP contribution is -1.67. The Labute approximate surface area is 54.3 Å². The Bertz CT molecular complexity index is 145. The summed E-state index contributed by atoms with van der Waals surface area (Å²) in [6.07, 6.45) is 0. The molecular weight excluding hydrogens is 207 g/mol. The minimum Gasteiger partial charge on any atom is -0.417 e. The van der Waals surface area contributed by atoms with E-state index in [1.165, 1.54) is 0 Å². The van der Waals surface area contributed by atoms with Crippen molar-refractivity contribution in [2.24, 2.45) is 0 Å². The lowest BCUT2D eigenvalue weighted by atomic mass is 10.8. The van der Waals surface area contributed by atoms with E-state index >= 15 is 0 Å².